The highest BCUT2D eigenvalue weighted by Gasteiger charge is 2.37. The third kappa shape index (κ3) is 2.61. The summed E-state index contributed by atoms with van der Waals surface area (Å²) in [6.45, 7) is 3.85. The van der Waals surface area contributed by atoms with Crippen LogP contribution in [0.15, 0.2) is 18.2 Å². The van der Waals surface area contributed by atoms with Gasteiger partial charge in [0, 0.05) is 7.05 Å². The Morgan fingerprint density at radius 2 is 2.00 bits per heavy atom. The van der Waals surface area contributed by atoms with E-state index >= 15 is 0 Å². The summed E-state index contributed by atoms with van der Waals surface area (Å²) in [6, 6.07) is 5.56. The number of nitrogens with one attached hydrogen (secondary N) is 1. The van der Waals surface area contributed by atoms with Gasteiger partial charge >= 0.3 is 6.18 Å². The highest BCUT2D eigenvalue weighted by molar-refractivity contribution is 5.47. The predicted octanol–water partition coefficient (Wildman–Crippen LogP) is 3.20. The molecule has 0 radical (unpaired) electrons. The molecule has 4 nitrogen and oxygen atoms in total. The lowest BCUT2D eigenvalue weighted by Crippen LogP contribution is -2.09. The Bertz CT molecular complexity index is 617. The topological polar surface area (TPSA) is 42.7 Å². The molecule has 0 aliphatic heterocycles. The Morgan fingerprint density at radius 1 is 1.30 bits per heavy atom. The van der Waals surface area contributed by atoms with E-state index in [4.69, 9.17) is 0 Å². The van der Waals surface area contributed by atoms with Gasteiger partial charge < -0.3 is 5.32 Å². The SMILES string of the molecule is CCc1ccc(-n2nc(C(F)(F)F)nc2NC)c(C)c1. The normalized spacial score (nSPS) is 11.7. The molecule has 0 atom stereocenters. The summed E-state index contributed by atoms with van der Waals surface area (Å²) < 4.78 is 39.2. The van der Waals surface area contributed by atoms with Crippen molar-refractivity contribution in [2.45, 2.75) is 26.4 Å². The van der Waals surface area contributed by atoms with Crippen LogP contribution < -0.4 is 5.32 Å². The second kappa shape index (κ2) is 5.15. The van der Waals surface area contributed by atoms with Crippen LogP contribution in [0.5, 0.6) is 0 Å². The van der Waals surface area contributed by atoms with Crippen molar-refractivity contribution in [3.8, 4) is 5.69 Å². The molecule has 1 aromatic carbocycles. The van der Waals surface area contributed by atoms with Gasteiger partial charge in [0.2, 0.25) is 5.95 Å². The highest BCUT2D eigenvalue weighted by Crippen LogP contribution is 2.29. The Hall–Kier alpha value is -2.05. The molecule has 108 valence electrons. The number of anilines is 1. The first-order valence-electron chi connectivity index (χ1n) is 6.18. The monoisotopic (exact) mass is 284 g/mol. The Labute approximate surface area is 114 Å². The van der Waals surface area contributed by atoms with Gasteiger partial charge in [0.15, 0.2) is 0 Å². The fraction of sp³-hybridized carbons (Fsp3) is 0.385. The van der Waals surface area contributed by atoms with E-state index < -0.39 is 12.0 Å². The molecule has 2 rings (SSSR count). The number of hydrogen-bond acceptors (Lipinski definition) is 3. The first kappa shape index (κ1) is 14.4. The van der Waals surface area contributed by atoms with Crippen molar-refractivity contribution in [3.63, 3.8) is 0 Å². The quantitative estimate of drug-likeness (QED) is 0.941. The number of halogens is 3. The van der Waals surface area contributed by atoms with Crippen molar-refractivity contribution in [3.05, 3.63) is 35.2 Å². The first-order valence-corrected chi connectivity index (χ1v) is 6.18. The highest BCUT2D eigenvalue weighted by atomic mass is 19.4. The predicted molar refractivity (Wildman–Crippen MR) is 70.0 cm³/mol. The lowest BCUT2D eigenvalue weighted by molar-refractivity contribution is -0.144. The zero-order chi connectivity index (χ0) is 14.9. The number of nitrogens with zero attached hydrogens (tertiary/aromatic N) is 3. The van der Waals surface area contributed by atoms with Gasteiger partial charge in [-0.2, -0.15) is 22.8 Å². The maximum atomic E-state index is 12.7. The standard InChI is InChI=1S/C13H15F3N4/c1-4-9-5-6-10(8(2)7-9)20-12(17-3)18-11(19-20)13(14,15)16/h5-7H,4H2,1-3H3,(H,17,18,19). The maximum absolute atomic E-state index is 12.7. The van der Waals surface area contributed by atoms with Gasteiger partial charge in [0.25, 0.3) is 5.82 Å². The molecule has 0 unspecified atom stereocenters. The molecule has 0 aliphatic rings. The molecule has 7 heteroatoms. The summed E-state index contributed by atoms with van der Waals surface area (Å²) >= 11 is 0. The smallest absolute Gasteiger partial charge is 0.357 e. The molecular formula is C13H15F3N4. The molecule has 0 saturated carbocycles. The van der Waals surface area contributed by atoms with E-state index in [2.05, 4.69) is 15.4 Å². The molecule has 0 amide bonds. The van der Waals surface area contributed by atoms with Gasteiger partial charge in [-0.3, -0.25) is 0 Å². The summed E-state index contributed by atoms with van der Waals surface area (Å²) in [5.41, 5.74) is 2.54. The molecule has 1 heterocycles. The number of aromatic nitrogens is 3. The van der Waals surface area contributed by atoms with Crippen LogP contribution in [0.1, 0.15) is 23.9 Å². The van der Waals surface area contributed by atoms with Crippen LogP contribution in [0, 0.1) is 6.92 Å². The largest absolute Gasteiger partial charge is 0.453 e. The minimum absolute atomic E-state index is 0.0599. The molecule has 0 bridgehead atoms. The van der Waals surface area contributed by atoms with Crippen molar-refractivity contribution >= 4 is 5.95 Å². The summed E-state index contributed by atoms with van der Waals surface area (Å²) in [5.74, 6) is -1.09. The molecule has 20 heavy (non-hydrogen) atoms. The molecule has 0 spiro atoms. The minimum Gasteiger partial charge on any atom is -0.357 e. The van der Waals surface area contributed by atoms with Gasteiger partial charge in [-0.25, -0.2) is 0 Å². The van der Waals surface area contributed by atoms with E-state index in [1.165, 1.54) is 11.7 Å². The van der Waals surface area contributed by atoms with Crippen molar-refractivity contribution in [2.24, 2.45) is 0 Å². The van der Waals surface area contributed by atoms with Crippen molar-refractivity contribution in [1.29, 1.82) is 0 Å². The lowest BCUT2D eigenvalue weighted by atomic mass is 10.1. The summed E-state index contributed by atoms with van der Waals surface area (Å²) in [5, 5.41) is 6.19. The van der Waals surface area contributed by atoms with E-state index in [1.54, 1.807) is 6.07 Å². The number of aryl methyl sites for hydroxylation is 2. The van der Waals surface area contributed by atoms with Crippen molar-refractivity contribution in [2.75, 3.05) is 12.4 Å². The third-order valence-corrected chi connectivity index (χ3v) is 2.98. The zero-order valence-corrected chi connectivity index (χ0v) is 11.4. The van der Waals surface area contributed by atoms with Gasteiger partial charge in [-0.05, 0) is 30.5 Å². The van der Waals surface area contributed by atoms with Gasteiger partial charge in [0.1, 0.15) is 0 Å². The summed E-state index contributed by atoms with van der Waals surface area (Å²) in [6.07, 6.45) is -3.70. The lowest BCUT2D eigenvalue weighted by Gasteiger charge is -2.09. The number of alkyl halides is 3. The van der Waals surface area contributed by atoms with Crippen LogP contribution >= 0.6 is 0 Å². The Kier molecular flexibility index (Phi) is 3.69. The second-order valence-electron chi connectivity index (χ2n) is 4.39. The number of hydrogen-bond donors (Lipinski definition) is 1. The van der Waals surface area contributed by atoms with Crippen LogP contribution in [-0.4, -0.2) is 21.8 Å². The van der Waals surface area contributed by atoms with Crippen LogP contribution in [0.25, 0.3) is 5.69 Å². The van der Waals surface area contributed by atoms with Gasteiger partial charge in [-0.15, -0.1) is 5.10 Å². The summed E-state index contributed by atoms with van der Waals surface area (Å²) in [7, 11) is 1.51. The molecule has 0 fully saturated rings. The molecule has 0 aliphatic carbocycles. The molecule has 1 N–H and O–H groups in total. The van der Waals surface area contributed by atoms with E-state index in [9.17, 15) is 13.2 Å². The second-order valence-corrected chi connectivity index (χ2v) is 4.39. The van der Waals surface area contributed by atoms with E-state index in [-0.39, 0.29) is 5.95 Å². The Morgan fingerprint density at radius 3 is 2.50 bits per heavy atom. The maximum Gasteiger partial charge on any atom is 0.453 e. The Balaban J connectivity index is 2.54. The summed E-state index contributed by atoms with van der Waals surface area (Å²) in [4.78, 5) is 3.48. The third-order valence-electron chi connectivity index (χ3n) is 2.98. The number of benzene rings is 1. The van der Waals surface area contributed by atoms with Crippen molar-refractivity contribution < 1.29 is 13.2 Å². The van der Waals surface area contributed by atoms with Gasteiger partial charge in [0.05, 0.1) is 5.69 Å². The van der Waals surface area contributed by atoms with Crippen LogP contribution in [-0.2, 0) is 12.6 Å². The van der Waals surface area contributed by atoms with Crippen LogP contribution in [0.4, 0.5) is 19.1 Å². The van der Waals surface area contributed by atoms with E-state index in [1.807, 2.05) is 26.0 Å². The average Bonchev–Trinajstić information content (AvgIpc) is 2.82. The van der Waals surface area contributed by atoms with Crippen molar-refractivity contribution in [1.82, 2.24) is 14.8 Å². The molecule has 0 saturated heterocycles. The number of rotatable bonds is 3. The molecule has 1 aromatic heterocycles. The minimum atomic E-state index is -4.56. The molecule has 2 aromatic rings. The van der Waals surface area contributed by atoms with Gasteiger partial charge in [-0.1, -0.05) is 19.1 Å². The fourth-order valence-corrected chi connectivity index (χ4v) is 1.94. The zero-order valence-electron chi connectivity index (χ0n) is 11.4. The van der Waals surface area contributed by atoms with E-state index in [0.717, 1.165) is 17.5 Å². The first-order chi connectivity index (χ1) is 9.36. The fourth-order valence-electron chi connectivity index (χ4n) is 1.94. The molecular weight excluding hydrogens is 269 g/mol. The van der Waals surface area contributed by atoms with Crippen LogP contribution in [0.2, 0.25) is 0 Å². The van der Waals surface area contributed by atoms with Crippen LogP contribution in [0.3, 0.4) is 0 Å². The average molecular weight is 284 g/mol. The van der Waals surface area contributed by atoms with E-state index in [0.29, 0.717) is 5.69 Å².